The molecule has 1 aromatic rings. The van der Waals surface area contributed by atoms with Crippen molar-refractivity contribution in [2.75, 3.05) is 37.6 Å². The molecule has 2 N–H and O–H groups in total. The van der Waals surface area contributed by atoms with Crippen LogP contribution in [-0.2, 0) is 4.79 Å². The fraction of sp³-hybridized carbons (Fsp3) is 0.611. The van der Waals surface area contributed by atoms with Gasteiger partial charge in [0.25, 0.3) is 0 Å². The normalized spacial score (nSPS) is 15.1. The molecule has 1 heterocycles. The summed E-state index contributed by atoms with van der Waals surface area (Å²) in [5.41, 5.74) is 6.81. The number of carbonyl (C=O) groups excluding carboxylic acids is 1. The van der Waals surface area contributed by atoms with E-state index < -0.39 is 0 Å². The highest BCUT2D eigenvalue weighted by Gasteiger charge is 2.37. The van der Waals surface area contributed by atoms with Gasteiger partial charge in [-0.25, -0.2) is 0 Å². The van der Waals surface area contributed by atoms with Crippen LogP contribution in [0.25, 0.3) is 0 Å². The van der Waals surface area contributed by atoms with Crippen molar-refractivity contribution in [3.05, 3.63) is 30.3 Å². The summed E-state index contributed by atoms with van der Waals surface area (Å²) in [6.07, 6.45) is 2.64. The maximum atomic E-state index is 12.9. The standard InChI is InChI=1S/C18H29N3O.2ClH/c1-3-18(4-2,15-19)17(22)21-12-8-11-20(13-14-21)16-9-6-5-7-10-16;;/h5-7,9-10H,3-4,8,11-15,19H2,1-2H3;2*1H. The van der Waals surface area contributed by atoms with Crippen molar-refractivity contribution in [1.29, 1.82) is 0 Å². The van der Waals surface area contributed by atoms with Gasteiger partial charge in [0.2, 0.25) is 5.91 Å². The molecule has 2 rings (SSSR count). The van der Waals surface area contributed by atoms with E-state index in [1.807, 2.05) is 11.0 Å². The summed E-state index contributed by atoms with van der Waals surface area (Å²) >= 11 is 0. The van der Waals surface area contributed by atoms with E-state index >= 15 is 0 Å². The number of amides is 1. The van der Waals surface area contributed by atoms with Gasteiger partial charge in [-0.05, 0) is 31.4 Å². The Morgan fingerprint density at radius 3 is 2.21 bits per heavy atom. The van der Waals surface area contributed by atoms with E-state index in [1.165, 1.54) is 5.69 Å². The van der Waals surface area contributed by atoms with E-state index in [0.717, 1.165) is 45.4 Å². The quantitative estimate of drug-likeness (QED) is 0.858. The maximum Gasteiger partial charge on any atom is 0.230 e. The average molecular weight is 376 g/mol. The van der Waals surface area contributed by atoms with Gasteiger partial charge in [0.1, 0.15) is 0 Å². The smallest absolute Gasteiger partial charge is 0.230 e. The Balaban J connectivity index is 0.00000264. The van der Waals surface area contributed by atoms with Crippen LogP contribution in [0.4, 0.5) is 5.69 Å². The summed E-state index contributed by atoms with van der Waals surface area (Å²) < 4.78 is 0. The summed E-state index contributed by atoms with van der Waals surface area (Å²) in [7, 11) is 0. The molecule has 1 amide bonds. The lowest BCUT2D eigenvalue weighted by Gasteiger charge is -2.34. The molecular formula is C18H31Cl2N3O. The number of carbonyl (C=O) groups is 1. The Morgan fingerprint density at radius 1 is 1.04 bits per heavy atom. The van der Waals surface area contributed by atoms with Crippen molar-refractivity contribution >= 4 is 36.4 Å². The van der Waals surface area contributed by atoms with Crippen LogP contribution < -0.4 is 10.6 Å². The van der Waals surface area contributed by atoms with Crippen LogP contribution in [0.1, 0.15) is 33.1 Å². The third-order valence-corrected chi connectivity index (χ3v) is 5.10. The summed E-state index contributed by atoms with van der Waals surface area (Å²) in [5, 5.41) is 0. The molecule has 0 atom stereocenters. The number of nitrogens with zero attached hydrogens (tertiary/aromatic N) is 2. The largest absolute Gasteiger partial charge is 0.370 e. The first kappa shape index (κ1) is 23.0. The topological polar surface area (TPSA) is 49.6 Å². The SMILES string of the molecule is CCC(CC)(CN)C(=O)N1CCCN(c2ccccc2)CC1.Cl.Cl. The minimum atomic E-state index is -0.373. The van der Waals surface area contributed by atoms with Gasteiger partial charge in [-0.15, -0.1) is 24.8 Å². The highest BCUT2D eigenvalue weighted by atomic mass is 35.5. The molecule has 0 unspecified atom stereocenters. The molecule has 0 spiro atoms. The molecule has 0 saturated carbocycles. The zero-order valence-corrected chi connectivity index (χ0v) is 16.4. The minimum absolute atomic E-state index is 0. The van der Waals surface area contributed by atoms with Gasteiger partial charge in [-0.3, -0.25) is 4.79 Å². The second-order valence-electron chi connectivity index (χ2n) is 6.16. The number of nitrogens with two attached hydrogens (primary N) is 1. The Bertz CT molecular complexity index is 472. The molecule has 4 nitrogen and oxygen atoms in total. The summed E-state index contributed by atoms with van der Waals surface area (Å²) in [6, 6.07) is 10.4. The zero-order chi connectivity index (χ0) is 16.0. The number of hydrogen-bond acceptors (Lipinski definition) is 3. The van der Waals surface area contributed by atoms with Crippen molar-refractivity contribution in [2.45, 2.75) is 33.1 Å². The van der Waals surface area contributed by atoms with Crippen LogP contribution in [0, 0.1) is 5.41 Å². The van der Waals surface area contributed by atoms with E-state index in [-0.39, 0.29) is 36.1 Å². The van der Waals surface area contributed by atoms with Crippen LogP contribution >= 0.6 is 24.8 Å². The average Bonchev–Trinajstić information content (AvgIpc) is 2.83. The van der Waals surface area contributed by atoms with Crippen LogP contribution in [0.3, 0.4) is 0 Å². The molecule has 6 heteroatoms. The number of benzene rings is 1. The van der Waals surface area contributed by atoms with Crippen molar-refractivity contribution in [3.8, 4) is 0 Å². The van der Waals surface area contributed by atoms with E-state index in [1.54, 1.807) is 0 Å². The molecule has 0 aromatic heterocycles. The third-order valence-electron chi connectivity index (χ3n) is 5.10. The van der Waals surface area contributed by atoms with Gasteiger partial charge in [0.15, 0.2) is 0 Å². The van der Waals surface area contributed by atoms with Gasteiger partial charge in [0.05, 0.1) is 5.41 Å². The molecule has 1 aliphatic rings. The van der Waals surface area contributed by atoms with Gasteiger partial charge in [-0.1, -0.05) is 32.0 Å². The molecule has 0 radical (unpaired) electrons. The van der Waals surface area contributed by atoms with E-state index in [0.29, 0.717) is 6.54 Å². The van der Waals surface area contributed by atoms with Crippen molar-refractivity contribution in [1.82, 2.24) is 4.90 Å². The van der Waals surface area contributed by atoms with Gasteiger partial charge >= 0.3 is 0 Å². The molecule has 0 aliphatic carbocycles. The second kappa shape index (κ2) is 10.8. The number of para-hydroxylation sites is 1. The molecule has 1 aromatic carbocycles. The first-order valence-electron chi connectivity index (χ1n) is 8.46. The summed E-state index contributed by atoms with van der Waals surface area (Å²) in [4.78, 5) is 17.3. The molecular weight excluding hydrogens is 345 g/mol. The van der Waals surface area contributed by atoms with Crippen LogP contribution in [0.15, 0.2) is 30.3 Å². The van der Waals surface area contributed by atoms with Crippen molar-refractivity contribution in [2.24, 2.45) is 11.1 Å². The van der Waals surface area contributed by atoms with Crippen LogP contribution in [0.2, 0.25) is 0 Å². The molecule has 1 saturated heterocycles. The first-order chi connectivity index (χ1) is 10.7. The van der Waals surface area contributed by atoms with Crippen LogP contribution in [0.5, 0.6) is 0 Å². The van der Waals surface area contributed by atoms with Gasteiger partial charge in [0, 0.05) is 38.4 Å². The number of halogens is 2. The van der Waals surface area contributed by atoms with Gasteiger partial charge in [-0.2, -0.15) is 0 Å². The predicted molar refractivity (Wildman–Crippen MR) is 106 cm³/mol. The molecule has 0 bridgehead atoms. The predicted octanol–water partition coefficient (Wildman–Crippen LogP) is 3.33. The summed E-state index contributed by atoms with van der Waals surface area (Å²) in [6.45, 7) is 8.10. The highest BCUT2D eigenvalue weighted by Crippen LogP contribution is 2.28. The Labute approximate surface area is 158 Å². The fourth-order valence-corrected chi connectivity index (χ4v) is 3.28. The van der Waals surface area contributed by atoms with Crippen molar-refractivity contribution < 1.29 is 4.79 Å². The lowest BCUT2D eigenvalue weighted by atomic mass is 9.81. The fourth-order valence-electron chi connectivity index (χ4n) is 3.28. The van der Waals surface area contributed by atoms with Crippen LogP contribution in [-0.4, -0.2) is 43.5 Å². The monoisotopic (exact) mass is 375 g/mol. The number of anilines is 1. The second-order valence-corrected chi connectivity index (χ2v) is 6.16. The Hall–Kier alpha value is -0.970. The van der Waals surface area contributed by atoms with E-state index in [2.05, 4.69) is 43.0 Å². The van der Waals surface area contributed by atoms with E-state index in [9.17, 15) is 4.79 Å². The molecule has 1 aliphatic heterocycles. The minimum Gasteiger partial charge on any atom is -0.370 e. The van der Waals surface area contributed by atoms with E-state index in [4.69, 9.17) is 5.73 Å². The first-order valence-corrected chi connectivity index (χ1v) is 8.46. The maximum absolute atomic E-state index is 12.9. The van der Waals surface area contributed by atoms with Crippen molar-refractivity contribution in [3.63, 3.8) is 0 Å². The Kier molecular flexibility index (Phi) is 10.4. The number of rotatable bonds is 5. The summed E-state index contributed by atoms with van der Waals surface area (Å²) in [5.74, 6) is 0.245. The lowest BCUT2D eigenvalue weighted by Crippen LogP contribution is -2.48. The highest BCUT2D eigenvalue weighted by molar-refractivity contribution is 5.85. The zero-order valence-electron chi connectivity index (χ0n) is 14.7. The number of hydrogen-bond donors (Lipinski definition) is 1. The Morgan fingerprint density at radius 2 is 1.67 bits per heavy atom. The third kappa shape index (κ3) is 5.01. The molecule has 138 valence electrons. The lowest BCUT2D eigenvalue weighted by molar-refractivity contribution is -0.142. The molecule has 24 heavy (non-hydrogen) atoms. The molecule has 1 fully saturated rings. The van der Waals surface area contributed by atoms with Gasteiger partial charge < -0.3 is 15.5 Å².